The predicted molar refractivity (Wildman–Crippen MR) is 171 cm³/mol. The molecule has 4 aromatic rings. The Labute approximate surface area is 261 Å². The van der Waals surface area contributed by atoms with Crippen molar-refractivity contribution >= 4 is 92.7 Å². The highest BCUT2D eigenvalue weighted by Gasteiger charge is 2.24. The van der Waals surface area contributed by atoms with E-state index in [0.29, 0.717) is 64.0 Å². The molecular formula is C29H23Cl3N4O3S2. The molecular weight excluding hydrogens is 623 g/mol. The van der Waals surface area contributed by atoms with E-state index in [1.54, 1.807) is 36.4 Å². The SMILES string of the molecule is O=C(/C=C/c1ccc(-c2ccc(Cl)cc2Cl)o1)NC(=S)Nc1ccc(N2CCN(C(=O)c3cccs3)CC2)c(Cl)c1. The van der Waals surface area contributed by atoms with Crippen molar-refractivity contribution in [2.75, 3.05) is 36.4 Å². The van der Waals surface area contributed by atoms with Crippen molar-refractivity contribution in [3.05, 3.63) is 97.8 Å². The van der Waals surface area contributed by atoms with Gasteiger partial charge >= 0.3 is 0 Å². The van der Waals surface area contributed by atoms with E-state index >= 15 is 0 Å². The Bertz CT molecular complexity index is 1610. The number of hydrogen-bond acceptors (Lipinski definition) is 6. The molecule has 2 aromatic heterocycles. The third-order valence-corrected chi connectivity index (χ3v) is 8.22. The van der Waals surface area contributed by atoms with Crippen LogP contribution in [0.1, 0.15) is 15.4 Å². The lowest BCUT2D eigenvalue weighted by Crippen LogP contribution is -2.48. The number of piperazine rings is 1. The first-order chi connectivity index (χ1) is 19.8. The predicted octanol–water partition coefficient (Wildman–Crippen LogP) is 7.46. The molecule has 7 nitrogen and oxygen atoms in total. The fourth-order valence-corrected chi connectivity index (χ4v) is 6.01. The number of thiophene rings is 1. The number of benzene rings is 2. The number of anilines is 2. The highest BCUT2D eigenvalue weighted by Crippen LogP contribution is 2.32. The standard InChI is InChI=1S/C29H23Cl3N4O3S2/c30-18-3-7-21(22(31)16-18)25-9-5-20(39-25)6-10-27(37)34-29(40)33-19-4-8-24(23(32)17-19)35-11-13-36(14-12-35)28(38)26-2-1-15-41-26/h1-10,15-17H,11-14H2,(H2,33,34,37,40)/b10-6+. The second-order valence-corrected chi connectivity index (χ2v) is 11.6. The van der Waals surface area contributed by atoms with Gasteiger partial charge in [0.25, 0.3) is 5.91 Å². The van der Waals surface area contributed by atoms with Gasteiger partial charge in [0.1, 0.15) is 11.5 Å². The van der Waals surface area contributed by atoms with E-state index in [4.69, 9.17) is 51.4 Å². The van der Waals surface area contributed by atoms with Crippen molar-refractivity contribution in [2.45, 2.75) is 0 Å². The monoisotopic (exact) mass is 644 g/mol. The van der Waals surface area contributed by atoms with Crippen molar-refractivity contribution in [3.63, 3.8) is 0 Å². The van der Waals surface area contributed by atoms with E-state index < -0.39 is 5.91 Å². The molecule has 0 saturated carbocycles. The summed E-state index contributed by atoms with van der Waals surface area (Å²) in [4.78, 5) is 29.8. The molecule has 0 unspecified atom stereocenters. The van der Waals surface area contributed by atoms with Crippen molar-refractivity contribution in [1.82, 2.24) is 10.2 Å². The van der Waals surface area contributed by atoms with Crippen LogP contribution in [-0.4, -0.2) is 48.0 Å². The Kier molecular flexibility index (Phi) is 9.32. The minimum absolute atomic E-state index is 0.0625. The van der Waals surface area contributed by atoms with Crippen LogP contribution in [0, 0.1) is 0 Å². The quantitative estimate of drug-likeness (QED) is 0.168. The molecule has 0 bridgehead atoms. The largest absolute Gasteiger partial charge is 0.457 e. The van der Waals surface area contributed by atoms with Crippen LogP contribution in [0.4, 0.5) is 11.4 Å². The average Bonchev–Trinajstić information content (AvgIpc) is 3.65. The van der Waals surface area contributed by atoms with Crippen LogP contribution >= 0.6 is 58.4 Å². The van der Waals surface area contributed by atoms with Crippen LogP contribution in [0.15, 0.2) is 76.5 Å². The van der Waals surface area contributed by atoms with Crippen LogP contribution in [0.5, 0.6) is 0 Å². The van der Waals surface area contributed by atoms with E-state index in [9.17, 15) is 9.59 Å². The lowest BCUT2D eigenvalue weighted by atomic mass is 10.2. The van der Waals surface area contributed by atoms with Gasteiger partial charge in [0, 0.05) is 48.5 Å². The van der Waals surface area contributed by atoms with Gasteiger partial charge in [-0.2, -0.15) is 0 Å². The number of nitrogens with zero attached hydrogens (tertiary/aromatic N) is 2. The van der Waals surface area contributed by atoms with Crippen LogP contribution < -0.4 is 15.5 Å². The molecule has 0 spiro atoms. The second-order valence-electron chi connectivity index (χ2n) is 9.03. The number of halogens is 3. The zero-order valence-corrected chi connectivity index (χ0v) is 25.3. The highest BCUT2D eigenvalue weighted by atomic mass is 35.5. The maximum absolute atomic E-state index is 12.6. The first-order valence-electron chi connectivity index (χ1n) is 12.5. The number of rotatable bonds is 6. The molecule has 3 heterocycles. The number of carbonyl (C=O) groups is 2. The maximum atomic E-state index is 12.6. The molecule has 1 aliphatic heterocycles. The summed E-state index contributed by atoms with van der Waals surface area (Å²) in [6.45, 7) is 2.58. The fraction of sp³-hybridized carbons (Fsp3) is 0.138. The van der Waals surface area contributed by atoms with Gasteiger partial charge in [-0.3, -0.25) is 14.9 Å². The summed E-state index contributed by atoms with van der Waals surface area (Å²) in [7, 11) is 0. The smallest absolute Gasteiger partial charge is 0.264 e. The van der Waals surface area contributed by atoms with Gasteiger partial charge in [0.15, 0.2) is 5.11 Å². The number of hydrogen-bond donors (Lipinski definition) is 2. The van der Waals surface area contributed by atoms with Gasteiger partial charge in [-0.15, -0.1) is 11.3 Å². The first kappa shape index (κ1) is 29.2. The third-order valence-electron chi connectivity index (χ3n) is 6.30. The summed E-state index contributed by atoms with van der Waals surface area (Å²) in [5, 5.41) is 9.15. The minimum atomic E-state index is -0.428. The molecule has 1 fully saturated rings. The molecule has 1 saturated heterocycles. The summed E-state index contributed by atoms with van der Waals surface area (Å²) >= 11 is 25.5. The van der Waals surface area contributed by atoms with E-state index in [1.807, 2.05) is 34.5 Å². The Balaban J connectivity index is 1.12. The molecule has 2 aromatic carbocycles. The second kappa shape index (κ2) is 13.1. The Hall–Kier alpha value is -3.34. The summed E-state index contributed by atoms with van der Waals surface area (Å²) in [6.07, 6.45) is 2.85. The number of thiocarbonyl (C=S) groups is 1. The van der Waals surface area contributed by atoms with E-state index in [2.05, 4.69) is 15.5 Å². The molecule has 0 atom stereocenters. The zero-order valence-electron chi connectivity index (χ0n) is 21.4. The van der Waals surface area contributed by atoms with Crippen LogP contribution in [0.25, 0.3) is 17.4 Å². The number of nitrogens with one attached hydrogen (secondary N) is 2. The van der Waals surface area contributed by atoms with Gasteiger partial charge in [0.2, 0.25) is 5.91 Å². The molecule has 2 N–H and O–H groups in total. The number of amides is 2. The van der Waals surface area contributed by atoms with Gasteiger partial charge in [-0.1, -0.05) is 40.9 Å². The summed E-state index contributed by atoms with van der Waals surface area (Å²) in [6, 6.07) is 17.8. The van der Waals surface area contributed by atoms with Crippen molar-refractivity contribution in [1.29, 1.82) is 0 Å². The molecule has 1 aliphatic rings. The minimum Gasteiger partial charge on any atom is -0.457 e. The van der Waals surface area contributed by atoms with Gasteiger partial charge < -0.3 is 19.5 Å². The van der Waals surface area contributed by atoms with Crippen molar-refractivity contribution < 1.29 is 14.0 Å². The first-order valence-corrected chi connectivity index (χ1v) is 14.9. The number of furan rings is 1. The summed E-state index contributed by atoms with van der Waals surface area (Å²) in [5.41, 5.74) is 2.20. The summed E-state index contributed by atoms with van der Waals surface area (Å²) in [5.74, 6) is 0.659. The molecule has 210 valence electrons. The van der Waals surface area contributed by atoms with Gasteiger partial charge in [-0.05, 0) is 78.3 Å². The highest BCUT2D eigenvalue weighted by molar-refractivity contribution is 7.80. The molecule has 12 heteroatoms. The Morgan fingerprint density at radius 3 is 2.46 bits per heavy atom. The normalized spacial score (nSPS) is 13.4. The molecule has 0 aliphatic carbocycles. The Morgan fingerprint density at radius 2 is 1.76 bits per heavy atom. The van der Waals surface area contributed by atoms with Crippen molar-refractivity contribution in [3.8, 4) is 11.3 Å². The average molecular weight is 646 g/mol. The van der Waals surface area contributed by atoms with Crippen molar-refractivity contribution in [2.24, 2.45) is 0 Å². The van der Waals surface area contributed by atoms with Crippen LogP contribution in [-0.2, 0) is 4.79 Å². The lowest BCUT2D eigenvalue weighted by molar-refractivity contribution is -0.115. The molecule has 5 rings (SSSR count). The Morgan fingerprint density at radius 1 is 0.951 bits per heavy atom. The maximum Gasteiger partial charge on any atom is 0.264 e. The van der Waals surface area contributed by atoms with Crippen LogP contribution in [0.2, 0.25) is 15.1 Å². The zero-order chi connectivity index (χ0) is 28.9. The molecule has 41 heavy (non-hydrogen) atoms. The fourth-order valence-electron chi connectivity index (χ4n) is 4.30. The van der Waals surface area contributed by atoms with E-state index in [0.717, 1.165) is 10.6 Å². The summed E-state index contributed by atoms with van der Waals surface area (Å²) < 4.78 is 5.77. The third kappa shape index (κ3) is 7.30. The van der Waals surface area contributed by atoms with Crippen LogP contribution in [0.3, 0.4) is 0 Å². The van der Waals surface area contributed by atoms with E-state index in [1.165, 1.54) is 23.5 Å². The lowest BCUT2D eigenvalue weighted by Gasteiger charge is -2.36. The molecule has 2 amide bonds. The topological polar surface area (TPSA) is 77.8 Å². The molecule has 0 radical (unpaired) electrons. The van der Waals surface area contributed by atoms with Gasteiger partial charge in [-0.25, -0.2) is 0 Å². The number of carbonyl (C=O) groups excluding carboxylic acids is 2. The van der Waals surface area contributed by atoms with E-state index in [-0.39, 0.29) is 11.0 Å². The van der Waals surface area contributed by atoms with Gasteiger partial charge in [0.05, 0.1) is 20.6 Å².